The Morgan fingerprint density at radius 3 is 2.52 bits per heavy atom. The van der Waals surface area contributed by atoms with Gasteiger partial charge in [-0.05, 0) is 43.5 Å². The van der Waals surface area contributed by atoms with Crippen molar-refractivity contribution in [3.63, 3.8) is 0 Å². The lowest BCUT2D eigenvalue weighted by atomic mass is 10.1. The number of anilines is 4. The summed E-state index contributed by atoms with van der Waals surface area (Å²) in [6, 6.07) is 13.4. The summed E-state index contributed by atoms with van der Waals surface area (Å²) in [5.41, 5.74) is 3.78. The molecule has 0 spiro atoms. The molecule has 8 heteroatoms. The summed E-state index contributed by atoms with van der Waals surface area (Å²) in [6.45, 7) is 1.90. The SMILES string of the molecule is C(=NNc1nc(Nc2ccccc2)nc(N2CCCCC2)n1)c1ccco1. The van der Waals surface area contributed by atoms with Crippen LogP contribution in [0.5, 0.6) is 0 Å². The third-order valence-electron chi connectivity index (χ3n) is 4.19. The van der Waals surface area contributed by atoms with E-state index in [1.54, 1.807) is 18.5 Å². The first-order valence-corrected chi connectivity index (χ1v) is 9.02. The first-order chi connectivity index (χ1) is 13.4. The molecule has 1 aliphatic heterocycles. The van der Waals surface area contributed by atoms with Gasteiger partial charge in [-0.1, -0.05) is 18.2 Å². The van der Waals surface area contributed by atoms with Crippen LogP contribution in [0.2, 0.25) is 0 Å². The molecule has 2 aromatic heterocycles. The highest BCUT2D eigenvalue weighted by atomic mass is 16.3. The van der Waals surface area contributed by atoms with Gasteiger partial charge < -0.3 is 14.6 Å². The van der Waals surface area contributed by atoms with E-state index in [0.29, 0.717) is 23.6 Å². The molecule has 138 valence electrons. The van der Waals surface area contributed by atoms with Gasteiger partial charge in [-0.2, -0.15) is 20.1 Å². The van der Waals surface area contributed by atoms with Crippen molar-refractivity contribution in [1.82, 2.24) is 15.0 Å². The lowest BCUT2D eigenvalue weighted by molar-refractivity contribution is 0.560. The number of aromatic nitrogens is 3. The minimum Gasteiger partial charge on any atom is -0.463 e. The number of nitrogens with one attached hydrogen (secondary N) is 2. The third-order valence-corrected chi connectivity index (χ3v) is 4.19. The molecule has 1 fully saturated rings. The van der Waals surface area contributed by atoms with Gasteiger partial charge in [-0.15, -0.1) is 0 Å². The van der Waals surface area contributed by atoms with E-state index in [1.165, 1.54) is 6.42 Å². The second kappa shape index (κ2) is 8.31. The maximum Gasteiger partial charge on any atom is 0.250 e. The molecule has 8 nitrogen and oxygen atoms in total. The second-order valence-electron chi connectivity index (χ2n) is 6.21. The lowest BCUT2D eigenvalue weighted by Gasteiger charge is -2.26. The van der Waals surface area contributed by atoms with Crippen LogP contribution in [0.3, 0.4) is 0 Å². The molecule has 4 rings (SSSR count). The molecule has 3 heterocycles. The van der Waals surface area contributed by atoms with Crippen molar-refractivity contribution in [3.8, 4) is 0 Å². The van der Waals surface area contributed by atoms with E-state index in [-0.39, 0.29) is 0 Å². The van der Waals surface area contributed by atoms with Gasteiger partial charge in [0.05, 0.1) is 12.5 Å². The summed E-state index contributed by atoms with van der Waals surface area (Å²) in [6.07, 6.45) is 6.71. The Balaban J connectivity index is 1.57. The smallest absolute Gasteiger partial charge is 0.250 e. The van der Waals surface area contributed by atoms with Gasteiger partial charge in [0, 0.05) is 18.8 Å². The van der Waals surface area contributed by atoms with Gasteiger partial charge >= 0.3 is 0 Å². The number of para-hydroxylation sites is 1. The van der Waals surface area contributed by atoms with Crippen LogP contribution in [-0.2, 0) is 0 Å². The van der Waals surface area contributed by atoms with E-state index in [9.17, 15) is 0 Å². The van der Waals surface area contributed by atoms with Crippen LogP contribution in [-0.4, -0.2) is 34.3 Å². The van der Waals surface area contributed by atoms with Gasteiger partial charge in [0.2, 0.25) is 17.8 Å². The van der Waals surface area contributed by atoms with Crippen LogP contribution in [0.25, 0.3) is 0 Å². The average molecular weight is 363 g/mol. The Labute approximate surface area is 157 Å². The molecule has 0 aliphatic carbocycles. The molecule has 1 aromatic carbocycles. The zero-order valence-corrected chi connectivity index (χ0v) is 14.9. The highest BCUT2D eigenvalue weighted by molar-refractivity contribution is 5.76. The first kappa shape index (κ1) is 17.0. The molecule has 0 radical (unpaired) electrons. The zero-order valence-electron chi connectivity index (χ0n) is 14.9. The maximum absolute atomic E-state index is 5.23. The Morgan fingerprint density at radius 2 is 1.74 bits per heavy atom. The Morgan fingerprint density at radius 1 is 0.926 bits per heavy atom. The minimum atomic E-state index is 0.381. The summed E-state index contributed by atoms with van der Waals surface area (Å²) in [4.78, 5) is 15.7. The molecular weight excluding hydrogens is 342 g/mol. The van der Waals surface area contributed by atoms with Gasteiger partial charge in [0.1, 0.15) is 5.76 Å². The van der Waals surface area contributed by atoms with Gasteiger partial charge in [-0.25, -0.2) is 5.43 Å². The summed E-state index contributed by atoms with van der Waals surface area (Å²) < 4.78 is 5.23. The summed E-state index contributed by atoms with van der Waals surface area (Å²) in [7, 11) is 0. The fourth-order valence-electron chi connectivity index (χ4n) is 2.87. The van der Waals surface area contributed by atoms with E-state index in [1.807, 2.05) is 36.4 Å². The van der Waals surface area contributed by atoms with Crippen molar-refractivity contribution < 1.29 is 4.42 Å². The van der Waals surface area contributed by atoms with Crippen molar-refractivity contribution in [2.24, 2.45) is 5.10 Å². The number of furan rings is 1. The topological polar surface area (TPSA) is 91.5 Å². The first-order valence-electron chi connectivity index (χ1n) is 9.02. The highest BCUT2D eigenvalue weighted by Gasteiger charge is 2.16. The molecule has 1 saturated heterocycles. The van der Waals surface area contributed by atoms with Crippen LogP contribution < -0.4 is 15.6 Å². The van der Waals surface area contributed by atoms with Crippen LogP contribution in [0, 0.1) is 0 Å². The van der Waals surface area contributed by atoms with Crippen molar-refractivity contribution in [2.45, 2.75) is 19.3 Å². The van der Waals surface area contributed by atoms with E-state index in [4.69, 9.17) is 4.42 Å². The predicted molar refractivity (Wildman–Crippen MR) is 106 cm³/mol. The highest BCUT2D eigenvalue weighted by Crippen LogP contribution is 2.20. The second-order valence-corrected chi connectivity index (χ2v) is 6.21. The molecule has 3 aromatic rings. The summed E-state index contributed by atoms with van der Waals surface area (Å²) >= 11 is 0. The fraction of sp³-hybridized carbons (Fsp3) is 0.263. The van der Waals surface area contributed by atoms with Crippen LogP contribution in [0.1, 0.15) is 25.0 Å². The third kappa shape index (κ3) is 4.60. The maximum atomic E-state index is 5.23. The van der Waals surface area contributed by atoms with Crippen LogP contribution >= 0.6 is 0 Å². The fourth-order valence-corrected chi connectivity index (χ4v) is 2.87. The molecule has 1 aliphatic rings. The number of nitrogens with zero attached hydrogens (tertiary/aromatic N) is 5. The lowest BCUT2D eigenvalue weighted by Crippen LogP contribution is -2.31. The van der Waals surface area contributed by atoms with E-state index in [0.717, 1.165) is 31.6 Å². The van der Waals surface area contributed by atoms with Gasteiger partial charge in [0.15, 0.2) is 0 Å². The van der Waals surface area contributed by atoms with Gasteiger partial charge in [0.25, 0.3) is 0 Å². The number of piperidine rings is 1. The summed E-state index contributed by atoms with van der Waals surface area (Å²) in [5.74, 6) is 2.16. The molecule has 27 heavy (non-hydrogen) atoms. The van der Waals surface area contributed by atoms with Crippen LogP contribution in [0.4, 0.5) is 23.5 Å². The molecule has 0 amide bonds. The molecular formula is C19H21N7O. The van der Waals surface area contributed by atoms with E-state index in [2.05, 4.69) is 35.7 Å². The summed E-state index contributed by atoms with van der Waals surface area (Å²) in [5, 5.41) is 7.38. The Kier molecular flexibility index (Phi) is 5.24. The normalized spacial score (nSPS) is 14.4. The minimum absolute atomic E-state index is 0.381. The molecule has 0 atom stereocenters. The number of rotatable bonds is 6. The number of hydrogen-bond acceptors (Lipinski definition) is 8. The molecule has 0 bridgehead atoms. The van der Waals surface area contributed by atoms with E-state index >= 15 is 0 Å². The standard InChI is InChI=1S/C19H21N7O/c1-3-8-15(9-4-1)21-17-22-18(25-20-14-16-10-7-13-27-16)24-19(23-17)26-11-5-2-6-12-26/h1,3-4,7-10,13-14H,2,5-6,11-12H2,(H2,21,22,23,24,25). The van der Waals surface area contributed by atoms with Crippen molar-refractivity contribution in [2.75, 3.05) is 28.7 Å². The quantitative estimate of drug-likeness (QED) is 0.510. The average Bonchev–Trinajstić information content (AvgIpc) is 3.23. The number of hydrogen-bond donors (Lipinski definition) is 2. The monoisotopic (exact) mass is 363 g/mol. The zero-order chi connectivity index (χ0) is 18.3. The Bertz CT molecular complexity index is 874. The van der Waals surface area contributed by atoms with Gasteiger partial charge in [-0.3, -0.25) is 0 Å². The Hall–Kier alpha value is -3.42. The molecule has 2 N–H and O–H groups in total. The number of benzene rings is 1. The van der Waals surface area contributed by atoms with Crippen molar-refractivity contribution in [3.05, 3.63) is 54.5 Å². The van der Waals surface area contributed by atoms with Crippen LogP contribution in [0.15, 0.2) is 58.2 Å². The van der Waals surface area contributed by atoms with Crippen molar-refractivity contribution in [1.29, 1.82) is 0 Å². The predicted octanol–water partition coefficient (Wildman–Crippen LogP) is 3.64. The molecule has 0 saturated carbocycles. The molecule has 0 unspecified atom stereocenters. The van der Waals surface area contributed by atoms with Crippen molar-refractivity contribution >= 4 is 29.7 Å². The largest absolute Gasteiger partial charge is 0.463 e. The van der Waals surface area contributed by atoms with E-state index < -0.39 is 0 Å². The number of hydrazone groups is 1.